The maximum absolute atomic E-state index is 12.4. The van der Waals surface area contributed by atoms with Gasteiger partial charge >= 0.3 is 0 Å². The Hall–Kier alpha value is -1.06. The number of hydrogen-bond acceptors (Lipinski definition) is 2. The van der Waals surface area contributed by atoms with Gasteiger partial charge in [-0.1, -0.05) is 31.5 Å². The van der Waals surface area contributed by atoms with Gasteiger partial charge in [-0.05, 0) is 37.4 Å². The van der Waals surface area contributed by atoms with Crippen LogP contribution in [0.2, 0.25) is 0 Å². The van der Waals surface area contributed by atoms with Gasteiger partial charge < -0.3 is 10.6 Å². The third kappa shape index (κ3) is 4.84. The van der Waals surface area contributed by atoms with Crippen LogP contribution in [0.25, 0.3) is 0 Å². The molecule has 19 heavy (non-hydrogen) atoms. The van der Waals surface area contributed by atoms with Crippen LogP contribution in [0, 0.1) is 19.3 Å². The number of carbonyl (C=O) groups is 1. The Morgan fingerprint density at radius 2 is 1.89 bits per heavy atom. The number of nitrogens with zero attached hydrogens (tertiary/aromatic N) is 1. The van der Waals surface area contributed by atoms with Crippen molar-refractivity contribution in [3.05, 3.63) is 34.9 Å². The Morgan fingerprint density at radius 3 is 2.42 bits per heavy atom. The number of carbonyl (C=O) groups excluding carboxylic acids is 1. The number of hydrogen-bond donors (Lipinski definition) is 1. The van der Waals surface area contributed by atoms with Crippen molar-refractivity contribution in [2.24, 2.45) is 11.1 Å². The zero-order chi connectivity index (χ0) is 13.9. The standard InChI is InChI=1S/C15H24N2O.ClH/c1-11-6-7-12(2)13(8-11)14(18)17(5)10-15(3,4)9-16;/h6-8H,9-10,16H2,1-5H3;1H. The summed E-state index contributed by atoms with van der Waals surface area (Å²) in [6.07, 6.45) is 0. The molecule has 0 bridgehead atoms. The molecule has 0 radical (unpaired) electrons. The Labute approximate surface area is 122 Å². The fourth-order valence-corrected chi connectivity index (χ4v) is 1.95. The lowest BCUT2D eigenvalue weighted by Crippen LogP contribution is -2.40. The number of aryl methyl sites for hydroxylation is 2. The molecule has 0 aliphatic carbocycles. The summed E-state index contributed by atoms with van der Waals surface area (Å²) in [5.41, 5.74) is 8.56. The van der Waals surface area contributed by atoms with E-state index < -0.39 is 0 Å². The Balaban J connectivity index is 0.00000324. The summed E-state index contributed by atoms with van der Waals surface area (Å²) in [7, 11) is 1.83. The van der Waals surface area contributed by atoms with Crippen LogP contribution in [0.5, 0.6) is 0 Å². The number of nitrogens with two attached hydrogens (primary N) is 1. The van der Waals surface area contributed by atoms with E-state index in [1.165, 1.54) is 0 Å². The fraction of sp³-hybridized carbons (Fsp3) is 0.533. The summed E-state index contributed by atoms with van der Waals surface area (Å²) in [6, 6.07) is 5.96. The third-order valence-electron chi connectivity index (χ3n) is 3.19. The molecule has 1 amide bonds. The molecule has 2 N–H and O–H groups in total. The van der Waals surface area contributed by atoms with Crippen LogP contribution >= 0.6 is 12.4 Å². The highest BCUT2D eigenvalue weighted by Crippen LogP contribution is 2.18. The number of rotatable bonds is 4. The molecule has 0 saturated carbocycles. The molecule has 0 aromatic heterocycles. The van der Waals surface area contributed by atoms with Gasteiger partial charge in [-0.25, -0.2) is 0 Å². The second kappa shape index (κ2) is 6.92. The molecule has 0 saturated heterocycles. The van der Waals surface area contributed by atoms with Crippen molar-refractivity contribution in [3.63, 3.8) is 0 Å². The van der Waals surface area contributed by atoms with Crippen LogP contribution < -0.4 is 5.73 Å². The summed E-state index contributed by atoms with van der Waals surface area (Å²) in [4.78, 5) is 14.2. The van der Waals surface area contributed by atoms with Gasteiger partial charge in [0.15, 0.2) is 0 Å². The monoisotopic (exact) mass is 284 g/mol. The van der Waals surface area contributed by atoms with E-state index in [1.54, 1.807) is 4.90 Å². The molecular weight excluding hydrogens is 260 g/mol. The summed E-state index contributed by atoms with van der Waals surface area (Å²) in [5, 5.41) is 0. The molecule has 0 aliphatic heterocycles. The molecule has 0 heterocycles. The van der Waals surface area contributed by atoms with E-state index >= 15 is 0 Å². The quantitative estimate of drug-likeness (QED) is 0.924. The Kier molecular flexibility index (Phi) is 6.53. The van der Waals surface area contributed by atoms with Gasteiger partial charge in [0, 0.05) is 19.2 Å². The lowest BCUT2D eigenvalue weighted by atomic mass is 9.93. The van der Waals surface area contributed by atoms with Gasteiger partial charge in [0.25, 0.3) is 5.91 Å². The van der Waals surface area contributed by atoms with Crippen molar-refractivity contribution in [1.29, 1.82) is 0 Å². The van der Waals surface area contributed by atoms with E-state index in [-0.39, 0.29) is 23.7 Å². The van der Waals surface area contributed by atoms with Gasteiger partial charge in [0.2, 0.25) is 0 Å². The summed E-state index contributed by atoms with van der Waals surface area (Å²) in [6.45, 7) is 9.33. The second-order valence-corrected chi connectivity index (χ2v) is 5.85. The molecule has 3 nitrogen and oxygen atoms in total. The predicted molar refractivity (Wildman–Crippen MR) is 83.0 cm³/mol. The minimum absolute atomic E-state index is 0. The van der Waals surface area contributed by atoms with Crippen molar-refractivity contribution in [1.82, 2.24) is 4.90 Å². The lowest BCUT2D eigenvalue weighted by Gasteiger charge is -2.29. The molecule has 1 rings (SSSR count). The van der Waals surface area contributed by atoms with E-state index in [9.17, 15) is 4.79 Å². The van der Waals surface area contributed by atoms with Crippen molar-refractivity contribution in [2.45, 2.75) is 27.7 Å². The van der Waals surface area contributed by atoms with Gasteiger partial charge in [0.1, 0.15) is 0 Å². The lowest BCUT2D eigenvalue weighted by molar-refractivity contribution is 0.0739. The van der Waals surface area contributed by atoms with Crippen LogP contribution in [0.15, 0.2) is 18.2 Å². The van der Waals surface area contributed by atoms with E-state index in [0.29, 0.717) is 13.1 Å². The first kappa shape index (κ1) is 17.9. The smallest absolute Gasteiger partial charge is 0.253 e. The molecule has 108 valence electrons. The first-order valence-corrected chi connectivity index (χ1v) is 6.29. The first-order valence-electron chi connectivity index (χ1n) is 6.29. The van der Waals surface area contributed by atoms with Gasteiger partial charge in [-0.3, -0.25) is 4.79 Å². The van der Waals surface area contributed by atoms with Crippen molar-refractivity contribution < 1.29 is 4.79 Å². The van der Waals surface area contributed by atoms with Crippen LogP contribution in [0.1, 0.15) is 35.3 Å². The minimum atomic E-state index is -0.0534. The second-order valence-electron chi connectivity index (χ2n) is 5.85. The first-order chi connectivity index (χ1) is 8.26. The third-order valence-corrected chi connectivity index (χ3v) is 3.19. The van der Waals surface area contributed by atoms with Gasteiger partial charge in [0.05, 0.1) is 0 Å². The zero-order valence-corrected chi connectivity index (χ0v) is 13.3. The van der Waals surface area contributed by atoms with Gasteiger partial charge in [-0.15, -0.1) is 12.4 Å². The highest BCUT2D eigenvalue weighted by atomic mass is 35.5. The minimum Gasteiger partial charge on any atom is -0.341 e. The van der Waals surface area contributed by atoms with Crippen molar-refractivity contribution >= 4 is 18.3 Å². The van der Waals surface area contributed by atoms with E-state index in [2.05, 4.69) is 13.8 Å². The molecule has 0 aliphatic rings. The topological polar surface area (TPSA) is 46.3 Å². The molecule has 1 aromatic rings. The number of amides is 1. The number of halogens is 1. The highest BCUT2D eigenvalue weighted by Gasteiger charge is 2.22. The van der Waals surface area contributed by atoms with E-state index in [1.807, 2.05) is 39.1 Å². The van der Waals surface area contributed by atoms with Crippen molar-refractivity contribution in [2.75, 3.05) is 20.1 Å². The maximum Gasteiger partial charge on any atom is 0.253 e. The molecule has 0 spiro atoms. The molecular formula is C15H25ClN2O. The predicted octanol–water partition coefficient (Wildman–Crippen LogP) is 2.78. The zero-order valence-electron chi connectivity index (χ0n) is 12.5. The maximum atomic E-state index is 12.4. The largest absolute Gasteiger partial charge is 0.341 e. The normalized spacial score (nSPS) is 10.8. The molecule has 0 fully saturated rings. The highest BCUT2D eigenvalue weighted by molar-refractivity contribution is 5.95. The van der Waals surface area contributed by atoms with Crippen LogP contribution in [0.3, 0.4) is 0 Å². The Bertz CT molecular complexity index is 444. The molecule has 4 heteroatoms. The SMILES string of the molecule is Cc1ccc(C)c(C(=O)N(C)CC(C)(C)CN)c1.Cl. The average Bonchev–Trinajstić information content (AvgIpc) is 2.31. The van der Waals surface area contributed by atoms with Crippen molar-refractivity contribution in [3.8, 4) is 0 Å². The summed E-state index contributed by atoms with van der Waals surface area (Å²) >= 11 is 0. The van der Waals surface area contributed by atoms with E-state index in [4.69, 9.17) is 5.73 Å². The molecule has 0 unspecified atom stereocenters. The molecule has 1 aromatic carbocycles. The van der Waals surface area contributed by atoms with E-state index in [0.717, 1.165) is 16.7 Å². The average molecular weight is 285 g/mol. The van der Waals surface area contributed by atoms with Gasteiger partial charge in [-0.2, -0.15) is 0 Å². The summed E-state index contributed by atoms with van der Waals surface area (Å²) in [5.74, 6) is 0.0673. The summed E-state index contributed by atoms with van der Waals surface area (Å²) < 4.78 is 0. The Morgan fingerprint density at radius 1 is 1.32 bits per heavy atom. The van der Waals surface area contributed by atoms with Crippen LogP contribution in [0.4, 0.5) is 0 Å². The fourth-order valence-electron chi connectivity index (χ4n) is 1.95. The van der Waals surface area contributed by atoms with Crippen LogP contribution in [-0.2, 0) is 0 Å². The van der Waals surface area contributed by atoms with Crippen LogP contribution in [-0.4, -0.2) is 30.9 Å². The number of benzene rings is 1. The molecule has 0 atom stereocenters.